The number of nitrogens with zero attached hydrogens (tertiary/aromatic N) is 1. The van der Waals surface area contributed by atoms with Gasteiger partial charge in [-0.15, -0.1) is 0 Å². The molecule has 0 saturated carbocycles. The van der Waals surface area contributed by atoms with E-state index in [4.69, 9.17) is 0 Å². The number of pyridine rings is 1. The topological polar surface area (TPSA) is 42.2 Å². The van der Waals surface area contributed by atoms with E-state index < -0.39 is 45.8 Å². The van der Waals surface area contributed by atoms with E-state index in [2.05, 4.69) is 0 Å². The van der Waals surface area contributed by atoms with Crippen molar-refractivity contribution in [3.05, 3.63) is 112 Å². The smallest absolute Gasteiger partial charge is 0.197 e. The first-order valence-electron chi connectivity index (χ1n) is 10.9. The largest absolute Gasteiger partial charge is 0.395 e. The number of benzene rings is 4. The van der Waals surface area contributed by atoms with E-state index in [9.17, 15) is 36.2 Å². The molecule has 0 fully saturated rings. The van der Waals surface area contributed by atoms with Crippen molar-refractivity contribution in [2.45, 2.75) is 21.2 Å². The Morgan fingerprint density at radius 3 is 1.70 bits per heavy atom. The SMILES string of the molecule is O=c1c2ccccc2n(CCO)c2ccc([S+](c3cc(F)c(F)c(F)c3)c3cc(F)c(F)c(F)c3)cc12. The molecule has 0 aliphatic carbocycles. The Morgan fingerprint density at radius 1 is 0.649 bits per heavy atom. The second-order valence-electron chi connectivity index (χ2n) is 8.11. The summed E-state index contributed by atoms with van der Waals surface area (Å²) in [6, 6.07) is 13.9. The van der Waals surface area contributed by atoms with Crippen molar-refractivity contribution in [2.75, 3.05) is 6.61 Å². The molecule has 0 saturated heterocycles. The van der Waals surface area contributed by atoms with Crippen LogP contribution in [0.4, 0.5) is 26.3 Å². The molecule has 5 rings (SSSR count). The molecule has 0 aliphatic heterocycles. The quantitative estimate of drug-likeness (QED) is 0.129. The van der Waals surface area contributed by atoms with Crippen LogP contribution in [0.3, 0.4) is 0 Å². The lowest BCUT2D eigenvalue weighted by Crippen LogP contribution is -2.14. The molecule has 1 N–H and O–H groups in total. The van der Waals surface area contributed by atoms with Gasteiger partial charge in [0.15, 0.2) is 55.0 Å². The first kappa shape index (κ1) is 24.9. The molecule has 0 atom stereocenters. The Balaban J connectivity index is 1.83. The molecule has 37 heavy (non-hydrogen) atoms. The molecule has 0 unspecified atom stereocenters. The molecule has 4 aromatic carbocycles. The molecule has 0 amide bonds. The number of aliphatic hydroxyl groups excluding tert-OH is 1. The molecule has 10 heteroatoms. The Hall–Kier alpha value is -3.76. The van der Waals surface area contributed by atoms with Crippen LogP contribution in [0.2, 0.25) is 0 Å². The maximum atomic E-state index is 14.2. The highest BCUT2D eigenvalue weighted by Crippen LogP contribution is 2.35. The Morgan fingerprint density at radius 2 is 1.16 bits per heavy atom. The highest BCUT2D eigenvalue weighted by atomic mass is 32.2. The monoisotopic (exact) mass is 532 g/mol. The van der Waals surface area contributed by atoms with E-state index in [0.717, 1.165) is 0 Å². The molecule has 0 aliphatic rings. The third kappa shape index (κ3) is 4.25. The zero-order valence-electron chi connectivity index (χ0n) is 18.7. The predicted octanol–water partition coefficient (Wildman–Crippen LogP) is 6.08. The summed E-state index contributed by atoms with van der Waals surface area (Å²) in [6.45, 7) is -0.0680. The van der Waals surface area contributed by atoms with Gasteiger partial charge in [-0.2, -0.15) is 0 Å². The van der Waals surface area contributed by atoms with Crippen LogP contribution in [-0.2, 0) is 17.4 Å². The fourth-order valence-electron chi connectivity index (χ4n) is 4.28. The van der Waals surface area contributed by atoms with Gasteiger partial charge in [-0.05, 0) is 24.3 Å². The lowest BCUT2D eigenvalue weighted by Gasteiger charge is -2.15. The fourth-order valence-corrected chi connectivity index (χ4v) is 6.43. The number of aromatic nitrogens is 1. The summed E-state index contributed by atoms with van der Waals surface area (Å²) >= 11 is 0. The summed E-state index contributed by atoms with van der Waals surface area (Å²) in [5.41, 5.74) is 0.641. The van der Waals surface area contributed by atoms with Gasteiger partial charge in [0.2, 0.25) is 0 Å². The maximum absolute atomic E-state index is 14.2. The Labute approximate surface area is 208 Å². The number of hydrogen-bond acceptors (Lipinski definition) is 2. The van der Waals surface area contributed by atoms with E-state index in [0.29, 0.717) is 40.7 Å². The number of hydrogen-bond donors (Lipinski definition) is 1. The standard InChI is InChI=1S/C27H16F6NO2S/c28-19-10-15(11-20(29)25(19)32)37(16-12-21(30)26(33)22(31)13-16)14-5-6-24-18(9-14)27(36)17-3-1-2-4-23(17)34(24)7-8-35/h1-6,9-13,35H,7-8H2/q+1. The molecule has 5 aromatic rings. The highest BCUT2D eigenvalue weighted by Gasteiger charge is 2.34. The van der Waals surface area contributed by atoms with Crippen LogP contribution in [-0.4, -0.2) is 16.3 Å². The van der Waals surface area contributed by atoms with Gasteiger partial charge in [0.1, 0.15) is 0 Å². The van der Waals surface area contributed by atoms with Crippen molar-refractivity contribution in [3.8, 4) is 0 Å². The van der Waals surface area contributed by atoms with Crippen LogP contribution in [0.15, 0.2) is 86.2 Å². The van der Waals surface area contributed by atoms with Crippen LogP contribution in [0, 0.1) is 34.9 Å². The van der Waals surface area contributed by atoms with Crippen molar-refractivity contribution in [1.29, 1.82) is 0 Å². The van der Waals surface area contributed by atoms with Gasteiger partial charge in [0.25, 0.3) is 0 Å². The Bertz CT molecular complexity index is 1650. The number of rotatable bonds is 5. The molecule has 0 bridgehead atoms. The molecular formula is C27H16F6NO2S+. The number of halogens is 6. The van der Waals surface area contributed by atoms with Gasteiger partial charge in [-0.25, -0.2) is 26.3 Å². The number of aliphatic hydroxyl groups is 1. The molecule has 0 spiro atoms. The normalized spacial score (nSPS) is 11.7. The molecule has 188 valence electrons. The van der Waals surface area contributed by atoms with Crippen LogP contribution >= 0.6 is 0 Å². The summed E-state index contributed by atoms with van der Waals surface area (Å²) in [7, 11) is -1.67. The number of para-hydroxylation sites is 1. The third-order valence-electron chi connectivity index (χ3n) is 5.89. The molecule has 3 nitrogen and oxygen atoms in total. The van der Waals surface area contributed by atoms with Gasteiger partial charge < -0.3 is 9.67 Å². The summed E-state index contributed by atoms with van der Waals surface area (Å²) in [4.78, 5) is 13.2. The summed E-state index contributed by atoms with van der Waals surface area (Å²) < 4.78 is 85.9. The average molecular weight is 532 g/mol. The van der Waals surface area contributed by atoms with Crippen molar-refractivity contribution in [3.63, 3.8) is 0 Å². The van der Waals surface area contributed by atoms with Crippen molar-refractivity contribution in [2.24, 2.45) is 0 Å². The summed E-state index contributed by atoms with van der Waals surface area (Å²) in [6.07, 6.45) is 0. The third-order valence-corrected chi connectivity index (χ3v) is 8.03. The first-order chi connectivity index (χ1) is 17.7. The maximum Gasteiger partial charge on any atom is 0.197 e. The summed E-state index contributed by atoms with van der Waals surface area (Å²) in [5, 5.41) is 10.1. The highest BCUT2D eigenvalue weighted by molar-refractivity contribution is 7.97. The van der Waals surface area contributed by atoms with Gasteiger partial charge in [-0.3, -0.25) is 4.79 Å². The molecular weight excluding hydrogens is 516 g/mol. The van der Waals surface area contributed by atoms with E-state index in [1.54, 1.807) is 34.9 Å². The summed E-state index contributed by atoms with van der Waals surface area (Å²) in [5.74, 6) is -9.53. The van der Waals surface area contributed by atoms with Gasteiger partial charge in [-0.1, -0.05) is 12.1 Å². The van der Waals surface area contributed by atoms with E-state index in [-0.39, 0.29) is 38.7 Å². The molecule has 0 radical (unpaired) electrons. The number of fused-ring (bicyclic) bond motifs is 2. The second kappa shape index (κ2) is 9.60. The second-order valence-corrected chi connectivity index (χ2v) is 10.1. The van der Waals surface area contributed by atoms with E-state index >= 15 is 0 Å². The van der Waals surface area contributed by atoms with Gasteiger partial charge in [0, 0.05) is 42.3 Å². The molecule has 1 aromatic heterocycles. The van der Waals surface area contributed by atoms with Crippen molar-refractivity contribution >= 4 is 32.7 Å². The van der Waals surface area contributed by atoms with Crippen molar-refractivity contribution < 1.29 is 31.4 Å². The van der Waals surface area contributed by atoms with Gasteiger partial charge >= 0.3 is 0 Å². The van der Waals surface area contributed by atoms with Crippen molar-refractivity contribution in [1.82, 2.24) is 4.57 Å². The average Bonchev–Trinajstić information content (AvgIpc) is 2.88. The minimum atomic E-state index is -1.72. The zero-order chi connectivity index (χ0) is 26.4. The van der Waals surface area contributed by atoms with E-state index in [1.165, 1.54) is 12.1 Å². The minimum Gasteiger partial charge on any atom is -0.395 e. The fraction of sp³-hybridized carbons (Fsp3) is 0.0741. The van der Waals surface area contributed by atoms with Crippen LogP contribution in [0.5, 0.6) is 0 Å². The molecule has 1 heterocycles. The first-order valence-corrected chi connectivity index (χ1v) is 12.1. The van der Waals surface area contributed by atoms with Crippen LogP contribution in [0.25, 0.3) is 21.8 Å². The lowest BCUT2D eigenvalue weighted by molar-refractivity contribution is 0.279. The Kier molecular flexibility index (Phi) is 6.47. The lowest BCUT2D eigenvalue weighted by atomic mass is 10.1. The zero-order valence-corrected chi connectivity index (χ0v) is 19.6. The van der Waals surface area contributed by atoms with E-state index in [1.807, 2.05) is 0 Å². The predicted molar refractivity (Wildman–Crippen MR) is 128 cm³/mol. The van der Waals surface area contributed by atoms with Crippen LogP contribution in [0.1, 0.15) is 0 Å². The minimum absolute atomic E-state index is 0.158. The van der Waals surface area contributed by atoms with Crippen LogP contribution < -0.4 is 5.43 Å². The van der Waals surface area contributed by atoms with Gasteiger partial charge in [0.05, 0.1) is 33.9 Å².